The molecule has 0 aliphatic carbocycles. The number of hydrogen-bond acceptors (Lipinski definition) is 4. The van der Waals surface area contributed by atoms with E-state index in [0.717, 1.165) is 5.56 Å². The van der Waals surface area contributed by atoms with E-state index >= 15 is 0 Å². The Morgan fingerprint density at radius 3 is 2.65 bits per heavy atom. The molecule has 2 aromatic rings. The lowest BCUT2D eigenvalue weighted by Crippen LogP contribution is -2.20. The van der Waals surface area contributed by atoms with Crippen molar-refractivity contribution in [1.29, 1.82) is 0 Å². The number of aryl methyl sites for hydroxylation is 1. The molecular weight excluding hydrogens is 294 g/mol. The molecule has 1 aromatic heterocycles. The van der Waals surface area contributed by atoms with Gasteiger partial charge in [-0.3, -0.25) is 9.71 Å². The van der Waals surface area contributed by atoms with Crippen LogP contribution >= 0.6 is 12.2 Å². The van der Waals surface area contributed by atoms with Crippen molar-refractivity contribution in [2.45, 2.75) is 11.8 Å². The number of aromatic nitrogens is 1. The van der Waals surface area contributed by atoms with Gasteiger partial charge >= 0.3 is 0 Å². The number of nitrogens with two attached hydrogens (primary N) is 1. The summed E-state index contributed by atoms with van der Waals surface area (Å²) >= 11 is 4.88. The molecule has 0 unspecified atom stereocenters. The maximum Gasteiger partial charge on any atom is 0.262 e. The highest BCUT2D eigenvalue weighted by molar-refractivity contribution is 7.93. The molecule has 0 bridgehead atoms. The van der Waals surface area contributed by atoms with Crippen LogP contribution in [0.4, 0.5) is 5.69 Å². The summed E-state index contributed by atoms with van der Waals surface area (Å²) in [6, 6.07) is 7.95. The highest BCUT2D eigenvalue weighted by Crippen LogP contribution is 2.21. The van der Waals surface area contributed by atoms with Crippen LogP contribution in [0, 0.1) is 6.92 Å². The van der Waals surface area contributed by atoms with Gasteiger partial charge < -0.3 is 5.73 Å². The van der Waals surface area contributed by atoms with Gasteiger partial charge in [0.25, 0.3) is 10.0 Å². The Balaban J connectivity index is 2.47. The van der Waals surface area contributed by atoms with Crippen LogP contribution in [0.2, 0.25) is 0 Å². The lowest BCUT2D eigenvalue weighted by Gasteiger charge is -2.12. The van der Waals surface area contributed by atoms with Crippen molar-refractivity contribution in [3.05, 3.63) is 53.9 Å². The first-order valence-corrected chi connectivity index (χ1v) is 7.63. The van der Waals surface area contributed by atoms with Gasteiger partial charge in [-0.25, -0.2) is 8.42 Å². The molecule has 0 fully saturated rings. The van der Waals surface area contributed by atoms with E-state index in [1.165, 1.54) is 12.3 Å². The molecule has 0 saturated heterocycles. The van der Waals surface area contributed by atoms with Crippen molar-refractivity contribution in [2.75, 3.05) is 4.72 Å². The topological polar surface area (TPSA) is 85.1 Å². The average Bonchev–Trinajstić information content (AvgIpc) is 2.41. The first kappa shape index (κ1) is 14.4. The van der Waals surface area contributed by atoms with Gasteiger partial charge in [0, 0.05) is 18.0 Å². The predicted octanol–water partition coefficient (Wildman–Crippen LogP) is 1.83. The van der Waals surface area contributed by atoms with Crippen molar-refractivity contribution >= 4 is 32.9 Å². The molecule has 3 N–H and O–H groups in total. The molecule has 1 heterocycles. The summed E-state index contributed by atoms with van der Waals surface area (Å²) in [5.74, 6) is 0. The fraction of sp³-hybridized carbons (Fsp3) is 0.0769. The molecule has 5 nitrogen and oxygen atoms in total. The zero-order valence-corrected chi connectivity index (χ0v) is 12.3. The minimum Gasteiger partial charge on any atom is -0.389 e. The first-order chi connectivity index (χ1) is 9.42. The van der Waals surface area contributed by atoms with E-state index in [0.29, 0.717) is 11.3 Å². The Kier molecular flexibility index (Phi) is 4.01. The molecule has 1 aromatic carbocycles. The molecular formula is C13H13N3O2S2. The minimum atomic E-state index is -3.76. The second kappa shape index (κ2) is 5.56. The van der Waals surface area contributed by atoms with E-state index in [1.807, 2.05) is 0 Å². The van der Waals surface area contributed by atoms with Gasteiger partial charge in [0.05, 0.1) is 10.6 Å². The predicted molar refractivity (Wildman–Crippen MR) is 82.1 cm³/mol. The molecule has 20 heavy (non-hydrogen) atoms. The molecule has 104 valence electrons. The lowest BCUT2D eigenvalue weighted by molar-refractivity contribution is 0.601. The summed E-state index contributed by atoms with van der Waals surface area (Å²) in [5.41, 5.74) is 7.08. The van der Waals surface area contributed by atoms with Gasteiger partial charge in [-0.05, 0) is 24.6 Å². The fourth-order valence-electron chi connectivity index (χ4n) is 1.69. The lowest BCUT2D eigenvalue weighted by atomic mass is 10.2. The molecule has 0 amide bonds. The number of thiocarbonyl (C=S) groups is 1. The zero-order valence-electron chi connectivity index (χ0n) is 10.7. The van der Waals surface area contributed by atoms with Gasteiger partial charge in [-0.1, -0.05) is 30.4 Å². The van der Waals surface area contributed by atoms with Crippen molar-refractivity contribution < 1.29 is 8.42 Å². The summed E-state index contributed by atoms with van der Waals surface area (Å²) < 4.78 is 27.4. The van der Waals surface area contributed by atoms with Crippen molar-refractivity contribution in [2.24, 2.45) is 5.73 Å². The summed E-state index contributed by atoms with van der Waals surface area (Å²) in [6.07, 6.45) is 3.10. The standard InChI is InChI=1S/C13H13N3O2S2/c1-9-8-15-7-6-11(9)16-20(17,18)12-5-3-2-4-10(12)13(14)19/h2-8H,1H3,(H2,14,19)(H,15,16). The SMILES string of the molecule is Cc1cnccc1NS(=O)(=O)c1ccccc1C(N)=S. The first-order valence-electron chi connectivity index (χ1n) is 5.74. The fourth-order valence-corrected chi connectivity index (χ4v) is 3.29. The number of benzene rings is 1. The van der Waals surface area contributed by atoms with Crippen LogP contribution in [0.1, 0.15) is 11.1 Å². The third kappa shape index (κ3) is 2.94. The van der Waals surface area contributed by atoms with Crippen molar-refractivity contribution in [3.63, 3.8) is 0 Å². The van der Waals surface area contributed by atoms with Crippen LogP contribution in [-0.2, 0) is 10.0 Å². The van der Waals surface area contributed by atoms with Crippen LogP contribution in [0.15, 0.2) is 47.6 Å². The maximum atomic E-state index is 12.4. The summed E-state index contributed by atoms with van der Waals surface area (Å²) in [4.78, 5) is 4.02. The van der Waals surface area contributed by atoms with Crippen LogP contribution < -0.4 is 10.5 Å². The van der Waals surface area contributed by atoms with E-state index in [4.69, 9.17) is 18.0 Å². The van der Waals surface area contributed by atoms with Crippen LogP contribution in [-0.4, -0.2) is 18.4 Å². The summed E-state index contributed by atoms with van der Waals surface area (Å²) in [7, 11) is -3.76. The number of nitrogens with one attached hydrogen (secondary N) is 1. The van der Waals surface area contributed by atoms with E-state index < -0.39 is 10.0 Å². The zero-order chi connectivity index (χ0) is 14.8. The van der Waals surface area contributed by atoms with Gasteiger partial charge in [0.1, 0.15) is 4.99 Å². The second-order valence-electron chi connectivity index (χ2n) is 4.16. The van der Waals surface area contributed by atoms with Crippen LogP contribution in [0.25, 0.3) is 0 Å². The summed E-state index contributed by atoms with van der Waals surface area (Å²) in [6.45, 7) is 1.77. The maximum absolute atomic E-state index is 12.4. The molecule has 0 aliphatic heterocycles. The van der Waals surface area contributed by atoms with Gasteiger partial charge in [0.15, 0.2) is 0 Å². The third-order valence-electron chi connectivity index (χ3n) is 2.71. The number of anilines is 1. The molecule has 0 radical (unpaired) electrons. The number of sulfonamides is 1. The van der Waals surface area contributed by atoms with Crippen LogP contribution in [0.3, 0.4) is 0 Å². The highest BCUT2D eigenvalue weighted by Gasteiger charge is 2.20. The van der Waals surface area contributed by atoms with Crippen LogP contribution in [0.5, 0.6) is 0 Å². The van der Waals surface area contributed by atoms with Gasteiger partial charge in [0.2, 0.25) is 0 Å². The van der Waals surface area contributed by atoms with E-state index in [-0.39, 0.29) is 9.88 Å². The van der Waals surface area contributed by atoms with E-state index in [9.17, 15) is 8.42 Å². The smallest absolute Gasteiger partial charge is 0.262 e. The monoisotopic (exact) mass is 307 g/mol. The molecule has 0 aliphatic rings. The van der Waals surface area contributed by atoms with Crippen molar-refractivity contribution in [3.8, 4) is 0 Å². The summed E-state index contributed by atoms with van der Waals surface area (Å²) in [5, 5.41) is 0. The molecule has 2 rings (SSSR count). The van der Waals surface area contributed by atoms with Gasteiger partial charge in [-0.15, -0.1) is 0 Å². The van der Waals surface area contributed by atoms with Crippen molar-refractivity contribution in [1.82, 2.24) is 4.98 Å². The Hall–Kier alpha value is -1.99. The number of hydrogen-bond donors (Lipinski definition) is 2. The van der Waals surface area contributed by atoms with E-state index in [2.05, 4.69) is 9.71 Å². The molecule has 7 heteroatoms. The normalized spacial score (nSPS) is 11.1. The largest absolute Gasteiger partial charge is 0.389 e. The number of pyridine rings is 1. The highest BCUT2D eigenvalue weighted by atomic mass is 32.2. The second-order valence-corrected chi connectivity index (χ2v) is 6.25. The Bertz CT molecular complexity index is 758. The quantitative estimate of drug-likeness (QED) is 0.842. The molecule has 0 atom stereocenters. The van der Waals surface area contributed by atoms with Gasteiger partial charge in [-0.2, -0.15) is 0 Å². The Morgan fingerprint density at radius 1 is 1.30 bits per heavy atom. The Morgan fingerprint density at radius 2 is 2.00 bits per heavy atom. The molecule has 0 saturated carbocycles. The Labute approximate surface area is 122 Å². The molecule has 0 spiro atoms. The minimum absolute atomic E-state index is 0.0393. The number of nitrogens with zero attached hydrogens (tertiary/aromatic N) is 1. The average molecular weight is 307 g/mol. The third-order valence-corrected chi connectivity index (χ3v) is 4.35. The van der Waals surface area contributed by atoms with E-state index in [1.54, 1.807) is 37.4 Å². The number of rotatable bonds is 4.